The van der Waals surface area contributed by atoms with E-state index in [4.69, 9.17) is 0 Å². The van der Waals surface area contributed by atoms with Crippen LogP contribution in [-0.2, 0) is 19.0 Å². The Kier molecular flexibility index (Phi) is 4.16. The molecule has 0 bridgehead atoms. The van der Waals surface area contributed by atoms with Crippen molar-refractivity contribution in [1.29, 1.82) is 0 Å². The fourth-order valence-corrected chi connectivity index (χ4v) is 2.22. The number of aryl methyl sites for hydroxylation is 1. The molecule has 21 heavy (non-hydrogen) atoms. The first-order valence-corrected chi connectivity index (χ1v) is 6.56. The molecule has 0 aliphatic carbocycles. The average molecular weight is 296 g/mol. The Bertz CT molecular complexity index is 705. The molecular formula is C15H15F3N2O. The van der Waals surface area contributed by atoms with Crippen molar-refractivity contribution >= 4 is 0 Å². The van der Waals surface area contributed by atoms with Crippen LogP contribution in [0.3, 0.4) is 0 Å². The number of aromatic amines is 1. The highest BCUT2D eigenvalue weighted by Gasteiger charge is 2.30. The van der Waals surface area contributed by atoms with Crippen molar-refractivity contribution in [3.8, 4) is 0 Å². The van der Waals surface area contributed by atoms with Crippen molar-refractivity contribution in [3.05, 3.63) is 62.8 Å². The number of aromatic nitrogens is 2. The molecule has 0 fully saturated rings. The van der Waals surface area contributed by atoms with Gasteiger partial charge in [-0.05, 0) is 25.0 Å². The zero-order chi connectivity index (χ0) is 15.6. The molecule has 3 nitrogen and oxygen atoms in total. The molecule has 2 rings (SSSR count). The van der Waals surface area contributed by atoms with E-state index in [9.17, 15) is 18.0 Å². The average Bonchev–Trinajstić information content (AvgIpc) is 2.37. The van der Waals surface area contributed by atoms with Crippen LogP contribution in [0.15, 0.2) is 29.1 Å². The molecule has 1 N–H and O–H groups in total. The zero-order valence-electron chi connectivity index (χ0n) is 11.7. The highest BCUT2D eigenvalue weighted by molar-refractivity contribution is 5.28. The number of nitrogens with one attached hydrogen (secondary N) is 1. The quantitative estimate of drug-likeness (QED) is 0.945. The molecule has 1 aromatic heterocycles. The lowest BCUT2D eigenvalue weighted by atomic mass is 10.1. The van der Waals surface area contributed by atoms with Gasteiger partial charge in [0.05, 0.1) is 5.56 Å². The van der Waals surface area contributed by atoms with Gasteiger partial charge < -0.3 is 4.98 Å². The van der Waals surface area contributed by atoms with Crippen LogP contribution in [0.5, 0.6) is 0 Å². The van der Waals surface area contributed by atoms with E-state index in [1.165, 1.54) is 6.07 Å². The fourth-order valence-electron chi connectivity index (χ4n) is 2.22. The van der Waals surface area contributed by atoms with Gasteiger partial charge in [0.25, 0.3) is 5.56 Å². The molecule has 6 heteroatoms. The van der Waals surface area contributed by atoms with E-state index in [-0.39, 0.29) is 12.0 Å². The number of rotatable bonds is 3. The maximum absolute atomic E-state index is 12.7. The first-order valence-electron chi connectivity index (χ1n) is 6.56. The standard InChI is InChI=1S/C15H15F3N2O/c1-3-12-9(2)19-13(20-14(12)21)8-10-5-4-6-11(7-10)15(16,17)18/h4-7H,3,8H2,1-2H3,(H,19,20,21). The Labute approximate surface area is 119 Å². The lowest BCUT2D eigenvalue weighted by Crippen LogP contribution is -2.18. The maximum Gasteiger partial charge on any atom is 0.416 e. The molecule has 1 aromatic carbocycles. The third-order valence-electron chi connectivity index (χ3n) is 3.25. The van der Waals surface area contributed by atoms with Gasteiger partial charge in [0, 0.05) is 17.7 Å². The topological polar surface area (TPSA) is 45.8 Å². The Balaban J connectivity index is 2.33. The summed E-state index contributed by atoms with van der Waals surface area (Å²) in [6, 6.07) is 5.02. The van der Waals surface area contributed by atoms with Gasteiger partial charge >= 0.3 is 6.18 Å². The second kappa shape index (κ2) is 5.71. The minimum atomic E-state index is -4.38. The molecule has 0 amide bonds. The van der Waals surface area contributed by atoms with Gasteiger partial charge in [0.1, 0.15) is 5.82 Å². The maximum atomic E-state index is 12.7. The number of alkyl halides is 3. The van der Waals surface area contributed by atoms with E-state index in [1.807, 2.05) is 6.92 Å². The number of halogens is 3. The Morgan fingerprint density at radius 2 is 2.00 bits per heavy atom. The number of H-pyrrole nitrogens is 1. The lowest BCUT2D eigenvalue weighted by molar-refractivity contribution is -0.137. The third-order valence-corrected chi connectivity index (χ3v) is 3.25. The van der Waals surface area contributed by atoms with Crippen molar-refractivity contribution in [2.45, 2.75) is 32.9 Å². The van der Waals surface area contributed by atoms with Crippen LogP contribution in [-0.4, -0.2) is 9.97 Å². The van der Waals surface area contributed by atoms with Crippen molar-refractivity contribution in [3.63, 3.8) is 0 Å². The largest absolute Gasteiger partial charge is 0.416 e. The van der Waals surface area contributed by atoms with Gasteiger partial charge in [-0.15, -0.1) is 0 Å². The molecule has 112 valence electrons. The molecule has 0 saturated carbocycles. The van der Waals surface area contributed by atoms with Crippen molar-refractivity contribution in [2.24, 2.45) is 0 Å². The predicted octanol–water partition coefficient (Wildman–Crippen LogP) is 3.25. The molecule has 0 atom stereocenters. The van der Waals surface area contributed by atoms with Crippen LogP contribution < -0.4 is 5.56 Å². The van der Waals surface area contributed by atoms with E-state index >= 15 is 0 Å². The molecule has 0 aliphatic heterocycles. The van der Waals surface area contributed by atoms with Crippen molar-refractivity contribution in [2.75, 3.05) is 0 Å². The molecule has 0 unspecified atom stereocenters. The molecule has 1 heterocycles. The molecule has 2 aromatic rings. The summed E-state index contributed by atoms with van der Waals surface area (Å²) in [5, 5.41) is 0. The number of hydrogen-bond acceptors (Lipinski definition) is 2. The van der Waals surface area contributed by atoms with E-state index in [0.29, 0.717) is 29.1 Å². The Hall–Kier alpha value is -2.11. The molecule has 0 aliphatic rings. The van der Waals surface area contributed by atoms with Gasteiger partial charge in [-0.1, -0.05) is 25.1 Å². The van der Waals surface area contributed by atoms with Gasteiger partial charge in [0.2, 0.25) is 0 Å². The van der Waals surface area contributed by atoms with Gasteiger partial charge in [-0.2, -0.15) is 13.2 Å². The minimum Gasteiger partial charge on any atom is -0.310 e. The SMILES string of the molecule is CCc1c(C)nc(Cc2cccc(C(F)(F)F)c2)[nH]c1=O. The van der Waals surface area contributed by atoms with Gasteiger partial charge in [-0.3, -0.25) is 4.79 Å². The predicted molar refractivity (Wildman–Crippen MR) is 73.2 cm³/mol. The molecule has 0 spiro atoms. The van der Waals surface area contributed by atoms with E-state index in [1.54, 1.807) is 13.0 Å². The second-order valence-corrected chi connectivity index (χ2v) is 4.81. The third kappa shape index (κ3) is 3.51. The Morgan fingerprint density at radius 1 is 1.29 bits per heavy atom. The monoisotopic (exact) mass is 296 g/mol. The van der Waals surface area contributed by atoms with Crippen molar-refractivity contribution in [1.82, 2.24) is 9.97 Å². The van der Waals surface area contributed by atoms with Crippen LogP contribution in [0.25, 0.3) is 0 Å². The second-order valence-electron chi connectivity index (χ2n) is 4.81. The summed E-state index contributed by atoms with van der Waals surface area (Å²) in [6.45, 7) is 3.58. The lowest BCUT2D eigenvalue weighted by Gasteiger charge is -2.09. The number of benzene rings is 1. The van der Waals surface area contributed by atoms with Crippen LogP contribution >= 0.6 is 0 Å². The van der Waals surface area contributed by atoms with E-state index < -0.39 is 11.7 Å². The smallest absolute Gasteiger partial charge is 0.310 e. The molecule has 0 radical (unpaired) electrons. The van der Waals surface area contributed by atoms with Gasteiger partial charge in [0.15, 0.2) is 0 Å². The highest BCUT2D eigenvalue weighted by atomic mass is 19.4. The van der Waals surface area contributed by atoms with Crippen LogP contribution in [0.2, 0.25) is 0 Å². The van der Waals surface area contributed by atoms with Crippen molar-refractivity contribution < 1.29 is 13.2 Å². The van der Waals surface area contributed by atoms with Crippen LogP contribution in [0.1, 0.15) is 35.1 Å². The summed E-state index contributed by atoms with van der Waals surface area (Å²) < 4.78 is 38.0. The summed E-state index contributed by atoms with van der Waals surface area (Å²) >= 11 is 0. The fraction of sp³-hybridized carbons (Fsp3) is 0.333. The normalized spacial score (nSPS) is 11.7. The van der Waals surface area contributed by atoms with Gasteiger partial charge in [-0.25, -0.2) is 4.98 Å². The summed E-state index contributed by atoms with van der Waals surface area (Å²) in [7, 11) is 0. The first kappa shape index (κ1) is 15.3. The number of nitrogens with zero attached hydrogens (tertiary/aromatic N) is 1. The molecular weight excluding hydrogens is 281 g/mol. The van der Waals surface area contributed by atoms with Crippen LogP contribution in [0.4, 0.5) is 13.2 Å². The van der Waals surface area contributed by atoms with E-state index in [0.717, 1.165) is 12.1 Å². The number of hydrogen-bond donors (Lipinski definition) is 1. The summed E-state index contributed by atoms with van der Waals surface area (Å²) in [4.78, 5) is 18.7. The summed E-state index contributed by atoms with van der Waals surface area (Å²) in [5.41, 5.74) is 0.735. The Morgan fingerprint density at radius 3 is 2.57 bits per heavy atom. The molecule has 0 saturated heterocycles. The first-order chi connectivity index (χ1) is 9.81. The highest BCUT2D eigenvalue weighted by Crippen LogP contribution is 2.29. The minimum absolute atomic E-state index is 0.157. The van der Waals surface area contributed by atoms with Crippen LogP contribution in [0, 0.1) is 6.92 Å². The van der Waals surface area contributed by atoms with E-state index in [2.05, 4.69) is 9.97 Å². The summed E-state index contributed by atoms with van der Waals surface area (Å²) in [6.07, 6.45) is -3.65. The summed E-state index contributed by atoms with van der Waals surface area (Å²) in [5.74, 6) is 0.369. The zero-order valence-corrected chi connectivity index (χ0v) is 11.7.